The maximum Gasteiger partial charge on any atom is 0.341 e. The Labute approximate surface area is 176 Å². The third kappa shape index (κ3) is 4.49. The Hall–Kier alpha value is -3.65. The van der Waals surface area contributed by atoms with E-state index in [2.05, 4.69) is 5.32 Å². The van der Waals surface area contributed by atoms with Crippen LogP contribution in [-0.4, -0.2) is 35.5 Å². The predicted octanol–water partition coefficient (Wildman–Crippen LogP) is 3.03. The number of aryl methyl sites for hydroxylation is 1. The van der Waals surface area contributed by atoms with Gasteiger partial charge >= 0.3 is 12.0 Å². The van der Waals surface area contributed by atoms with Gasteiger partial charge in [-0.15, -0.1) is 0 Å². The molecule has 9 heteroatoms. The van der Waals surface area contributed by atoms with Gasteiger partial charge in [0.15, 0.2) is 6.61 Å². The number of carbonyl (C=O) groups is 4. The van der Waals surface area contributed by atoms with E-state index in [9.17, 15) is 19.2 Å². The second-order valence-corrected chi connectivity index (χ2v) is 6.76. The molecule has 8 nitrogen and oxygen atoms in total. The number of carboxylic acid groups (broad SMARTS) is 1. The average Bonchev–Trinajstić information content (AvgIpc) is 2.70. The smallest absolute Gasteiger partial charge is 0.341 e. The molecule has 0 radical (unpaired) electrons. The van der Waals surface area contributed by atoms with Gasteiger partial charge < -0.3 is 9.84 Å². The molecule has 3 rings (SSSR count). The van der Waals surface area contributed by atoms with Crippen LogP contribution in [0.5, 0.6) is 5.75 Å². The lowest BCUT2D eigenvalue weighted by atomic mass is 10.1. The van der Waals surface area contributed by atoms with E-state index in [1.807, 2.05) is 6.92 Å². The molecular weight excluding hydrogens is 412 g/mol. The maximum atomic E-state index is 12.9. The molecule has 1 fully saturated rings. The first-order chi connectivity index (χ1) is 14.3. The van der Waals surface area contributed by atoms with Crippen molar-refractivity contribution in [3.8, 4) is 5.75 Å². The number of imide groups is 2. The highest BCUT2D eigenvalue weighted by Crippen LogP contribution is 2.28. The molecule has 1 heterocycles. The van der Waals surface area contributed by atoms with Crippen LogP contribution in [0.25, 0.3) is 6.08 Å². The summed E-state index contributed by atoms with van der Waals surface area (Å²) in [5.41, 5.74) is 1.53. The van der Waals surface area contributed by atoms with Gasteiger partial charge in [0.2, 0.25) is 0 Å². The molecule has 1 aliphatic rings. The van der Waals surface area contributed by atoms with Crippen molar-refractivity contribution < 1.29 is 29.0 Å². The van der Waals surface area contributed by atoms with Crippen LogP contribution in [0.15, 0.2) is 48.0 Å². The van der Waals surface area contributed by atoms with Gasteiger partial charge in [0, 0.05) is 0 Å². The lowest BCUT2D eigenvalue weighted by molar-refractivity contribution is -0.139. The number of carboxylic acids is 1. The van der Waals surface area contributed by atoms with Crippen LogP contribution in [0.1, 0.15) is 18.1 Å². The summed E-state index contributed by atoms with van der Waals surface area (Å²) in [6, 6.07) is 10.4. The van der Waals surface area contributed by atoms with Crippen molar-refractivity contribution in [1.29, 1.82) is 0 Å². The van der Waals surface area contributed by atoms with Crippen molar-refractivity contribution in [2.24, 2.45) is 0 Å². The van der Waals surface area contributed by atoms with Crippen LogP contribution in [0.2, 0.25) is 5.02 Å². The molecule has 2 aromatic rings. The zero-order valence-electron chi connectivity index (χ0n) is 15.8. The quantitative estimate of drug-likeness (QED) is 0.540. The molecule has 0 spiro atoms. The van der Waals surface area contributed by atoms with Crippen LogP contribution >= 0.6 is 11.6 Å². The van der Waals surface area contributed by atoms with Gasteiger partial charge in [-0.05, 0) is 47.9 Å². The van der Waals surface area contributed by atoms with Crippen molar-refractivity contribution in [3.05, 3.63) is 64.2 Å². The molecule has 0 aromatic heterocycles. The van der Waals surface area contributed by atoms with E-state index in [-0.39, 0.29) is 16.3 Å². The van der Waals surface area contributed by atoms with Crippen LogP contribution in [0.3, 0.4) is 0 Å². The van der Waals surface area contributed by atoms with Gasteiger partial charge in [0.25, 0.3) is 11.8 Å². The second-order valence-electron chi connectivity index (χ2n) is 6.35. The first kappa shape index (κ1) is 21.1. The molecule has 1 aliphatic heterocycles. The zero-order valence-corrected chi connectivity index (χ0v) is 16.6. The first-order valence-electron chi connectivity index (χ1n) is 8.94. The number of hydrogen-bond acceptors (Lipinski definition) is 5. The Bertz CT molecular complexity index is 1060. The highest BCUT2D eigenvalue weighted by molar-refractivity contribution is 6.39. The molecule has 0 unspecified atom stereocenters. The fourth-order valence-corrected chi connectivity index (χ4v) is 3.05. The lowest BCUT2D eigenvalue weighted by Crippen LogP contribution is -2.54. The second kappa shape index (κ2) is 8.79. The number of amides is 4. The number of halogens is 1. The minimum atomic E-state index is -1.15. The van der Waals surface area contributed by atoms with Gasteiger partial charge in [-0.25, -0.2) is 14.5 Å². The maximum absolute atomic E-state index is 12.9. The number of hydrogen-bond donors (Lipinski definition) is 2. The molecule has 0 aliphatic carbocycles. The number of nitrogens with one attached hydrogen (secondary N) is 1. The topological polar surface area (TPSA) is 113 Å². The van der Waals surface area contributed by atoms with Crippen molar-refractivity contribution in [2.45, 2.75) is 13.3 Å². The number of ether oxygens (including phenoxy) is 1. The van der Waals surface area contributed by atoms with Gasteiger partial charge in [-0.2, -0.15) is 0 Å². The number of anilines is 1. The number of nitrogens with zero attached hydrogens (tertiary/aromatic N) is 1. The molecule has 0 atom stereocenters. The van der Waals surface area contributed by atoms with E-state index in [0.29, 0.717) is 11.3 Å². The summed E-state index contributed by atoms with van der Waals surface area (Å²) < 4.78 is 5.04. The minimum Gasteiger partial charge on any atom is -0.480 e. The first-order valence-corrected chi connectivity index (χ1v) is 9.32. The van der Waals surface area contributed by atoms with Crippen molar-refractivity contribution >= 4 is 47.2 Å². The van der Waals surface area contributed by atoms with Crippen LogP contribution < -0.4 is 15.0 Å². The number of benzene rings is 2. The van der Waals surface area contributed by atoms with E-state index in [1.54, 1.807) is 24.3 Å². The third-order valence-electron chi connectivity index (χ3n) is 4.32. The molecule has 1 saturated heterocycles. The SMILES string of the molecule is CCc1ccc(N2C(=O)NC(=O)C(=Cc3ccc(OCC(=O)O)c(Cl)c3)C2=O)cc1. The molecule has 0 saturated carbocycles. The number of urea groups is 1. The highest BCUT2D eigenvalue weighted by Gasteiger charge is 2.36. The van der Waals surface area contributed by atoms with Gasteiger partial charge in [-0.1, -0.05) is 36.7 Å². The Morgan fingerprint density at radius 2 is 1.87 bits per heavy atom. The number of aliphatic carboxylic acids is 1. The predicted molar refractivity (Wildman–Crippen MR) is 109 cm³/mol. The molecule has 2 N–H and O–H groups in total. The summed E-state index contributed by atoms with van der Waals surface area (Å²) in [5.74, 6) is -2.60. The molecule has 30 heavy (non-hydrogen) atoms. The van der Waals surface area contributed by atoms with Gasteiger partial charge in [-0.3, -0.25) is 14.9 Å². The van der Waals surface area contributed by atoms with E-state index >= 15 is 0 Å². The summed E-state index contributed by atoms with van der Waals surface area (Å²) >= 11 is 6.08. The van der Waals surface area contributed by atoms with E-state index in [4.69, 9.17) is 21.4 Å². The van der Waals surface area contributed by atoms with Crippen molar-refractivity contribution in [3.63, 3.8) is 0 Å². The van der Waals surface area contributed by atoms with Gasteiger partial charge in [0.1, 0.15) is 11.3 Å². The molecule has 0 bridgehead atoms. The molecule has 154 valence electrons. The molecule has 2 aromatic carbocycles. The fourth-order valence-electron chi connectivity index (χ4n) is 2.80. The molecule has 4 amide bonds. The van der Waals surface area contributed by atoms with Crippen LogP contribution in [0.4, 0.5) is 10.5 Å². The zero-order chi connectivity index (χ0) is 21.8. The normalized spacial score (nSPS) is 15.3. The number of carbonyl (C=O) groups excluding carboxylic acids is 3. The van der Waals surface area contributed by atoms with Crippen molar-refractivity contribution in [1.82, 2.24) is 5.32 Å². The van der Waals surface area contributed by atoms with Crippen LogP contribution in [-0.2, 0) is 20.8 Å². The Balaban J connectivity index is 1.90. The monoisotopic (exact) mass is 428 g/mol. The van der Waals surface area contributed by atoms with E-state index < -0.39 is 30.4 Å². The number of barbiturate groups is 1. The van der Waals surface area contributed by atoms with Crippen LogP contribution in [0, 0.1) is 0 Å². The Morgan fingerprint density at radius 1 is 1.17 bits per heavy atom. The van der Waals surface area contributed by atoms with E-state index in [0.717, 1.165) is 16.9 Å². The Kier molecular flexibility index (Phi) is 6.17. The highest BCUT2D eigenvalue weighted by atomic mass is 35.5. The summed E-state index contributed by atoms with van der Waals surface area (Å²) in [4.78, 5) is 48.9. The van der Waals surface area contributed by atoms with Gasteiger partial charge in [0.05, 0.1) is 10.7 Å². The summed E-state index contributed by atoms with van der Waals surface area (Å²) in [6.45, 7) is 1.42. The fraction of sp³-hybridized carbons (Fsp3) is 0.143. The average molecular weight is 429 g/mol. The minimum absolute atomic E-state index is 0.109. The van der Waals surface area contributed by atoms with Crippen molar-refractivity contribution in [2.75, 3.05) is 11.5 Å². The largest absolute Gasteiger partial charge is 0.480 e. The molecular formula is C21H17ClN2O6. The lowest BCUT2D eigenvalue weighted by Gasteiger charge is -2.26. The van der Waals surface area contributed by atoms with E-state index in [1.165, 1.54) is 24.3 Å². The summed E-state index contributed by atoms with van der Waals surface area (Å²) in [6.07, 6.45) is 2.10. The standard InChI is InChI=1S/C21H17ClN2O6/c1-2-12-3-6-14(7-4-12)24-20(28)15(19(27)23-21(24)29)9-13-5-8-17(16(22)10-13)30-11-18(25)26/h3-10H,2,11H2,1H3,(H,25,26)(H,23,27,29). The Morgan fingerprint density at radius 3 is 2.47 bits per heavy atom. The number of rotatable bonds is 6. The summed E-state index contributed by atoms with van der Waals surface area (Å²) in [5, 5.41) is 10.9. The summed E-state index contributed by atoms with van der Waals surface area (Å²) in [7, 11) is 0. The third-order valence-corrected chi connectivity index (χ3v) is 4.62.